The minimum absolute atomic E-state index is 0.728. The van der Waals surface area contributed by atoms with Crippen LogP contribution in [-0.4, -0.2) is 68.8 Å². The van der Waals surface area contributed by atoms with Crippen LogP contribution in [0.3, 0.4) is 0 Å². The molecule has 0 saturated heterocycles. The van der Waals surface area contributed by atoms with Gasteiger partial charge in [-0.3, -0.25) is 0 Å². The maximum absolute atomic E-state index is 6.41. The first-order chi connectivity index (χ1) is 18.6. The lowest BCUT2D eigenvalue weighted by Gasteiger charge is -2.30. The lowest BCUT2D eigenvalue weighted by atomic mass is 10.4. The van der Waals surface area contributed by atoms with Gasteiger partial charge in [-0.15, -0.1) is 0 Å². The van der Waals surface area contributed by atoms with Crippen molar-refractivity contribution in [3.05, 3.63) is 0 Å². The molecule has 0 spiro atoms. The van der Waals surface area contributed by atoms with Gasteiger partial charge in [0.15, 0.2) is 0 Å². The molecule has 0 radical (unpaired) electrons. The van der Waals surface area contributed by atoms with Crippen LogP contribution >= 0.6 is 21.6 Å². The summed E-state index contributed by atoms with van der Waals surface area (Å²) in [6.07, 6.45) is 13.0. The van der Waals surface area contributed by atoms with E-state index in [2.05, 4.69) is 41.5 Å². The van der Waals surface area contributed by atoms with Crippen molar-refractivity contribution in [1.29, 1.82) is 0 Å². The van der Waals surface area contributed by atoms with E-state index in [-0.39, 0.29) is 0 Å². The Balaban J connectivity index is 5.01. The van der Waals surface area contributed by atoms with Crippen LogP contribution in [0, 0.1) is 0 Å². The zero-order valence-corrected chi connectivity index (χ0v) is 29.5. The first-order valence-corrected chi connectivity index (χ1v) is 22.0. The molecule has 0 aromatic heterocycles. The molecule has 0 aromatic rings. The summed E-state index contributed by atoms with van der Waals surface area (Å²) >= 11 is 0. The summed E-state index contributed by atoms with van der Waals surface area (Å²) in [5.74, 6) is 1.92. The van der Waals surface area contributed by atoms with Gasteiger partial charge >= 0.3 is 17.6 Å². The molecule has 0 saturated carbocycles. The average Bonchev–Trinajstić information content (AvgIpc) is 2.91. The molecule has 230 valence electrons. The van der Waals surface area contributed by atoms with Crippen LogP contribution in [0.5, 0.6) is 0 Å². The van der Waals surface area contributed by atoms with Crippen LogP contribution < -0.4 is 0 Å². The highest BCUT2D eigenvalue weighted by atomic mass is 33.1. The van der Waals surface area contributed by atoms with Crippen molar-refractivity contribution < 1.29 is 26.6 Å². The van der Waals surface area contributed by atoms with Gasteiger partial charge in [-0.25, -0.2) is 0 Å². The fraction of sp³-hybridized carbons (Fsp3) is 1.00. The predicted molar refractivity (Wildman–Crippen MR) is 171 cm³/mol. The van der Waals surface area contributed by atoms with E-state index in [9.17, 15) is 0 Å². The molecule has 0 aliphatic heterocycles. The molecule has 0 rings (SSSR count). The van der Waals surface area contributed by atoms with Gasteiger partial charge in [0.05, 0.1) is 0 Å². The Morgan fingerprint density at radius 1 is 0.368 bits per heavy atom. The first kappa shape index (κ1) is 38.9. The zero-order valence-electron chi connectivity index (χ0n) is 25.8. The highest BCUT2D eigenvalue weighted by Gasteiger charge is 2.42. The molecule has 10 heteroatoms. The molecule has 0 unspecified atom stereocenters. The van der Waals surface area contributed by atoms with Gasteiger partial charge in [0.1, 0.15) is 0 Å². The molecule has 0 aromatic carbocycles. The molecule has 0 fully saturated rings. The number of unbranched alkanes of at least 4 members (excludes halogenated alkanes) is 6. The number of hydrogen-bond donors (Lipinski definition) is 0. The van der Waals surface area contributed by atoms with Crippen LogP contribution in [0.25, 0.3) is 0 Å². The van der Waals surface area contributed by atoms with Crippen molar-refractivity contribution in [3.63, 3.8) is 0 Å². The van der Waals surface area contributed by atoms with Crippen LogP contribution in [0.15, 0.2) is 0 Å². The van der Waals surface area contributed by atoms with E-state index in [1.807, 2.05) is 21.6 Å². The van der Waals surface area contributed by atoms with Crippen molar-refractivity contribution in [2.75, 3.05) is 51.1 Å². The Morgan fingerprint density at radius 2 is 0.579 bits per heavy atom. The number of hydrogen-bond acceptors (Lipinski definition) is 8. The average molecular weight is 615 g/mol. The molecular formula is C28H62O6S2Si2. The molecule has 38 heavy (non-hydrogen) atoms. The normalized spacial score (nSPS) is 12.5. The molecule has 0 atom stereocenters. The van der Waals surface area contributed by atoms with Crippen LogP contribution in [0.2, 0.25) is 12.1 Å². The second kappa shape index (κ2) is 28.0. The lowest BCUT2D eigenvalue weighted by molar-refractivity contribution is 0.0570. The van der Waals surface area contributed by atoms with Crippen molar-refractivity contribution in [2.24, 2.45) is 0 Å². The molecule has 0 amide bonds. The van der Waals surface area contributed by atoms with Gasteiger partial charge in [-0.1, -0.05) is 102 Å². The third-order valence-corrected chi connectivity index (χ3v) is 14.7. The number of rotatable bonds is 31. The van der Waals surface area contributed by atoms with E-state index >= 15 is 0 Å². The summed E-state index contributed by atoms with van der Waals surface area (Å²) in [6, 6.07) is 1.72. The largest absolute Gasteiger partial charge is 0.501 e. The Kier molecular flexibility index (Phi) is 28.7. The van der Waals surface area contributed by atoms with E-state index < -0.39 is 17.6 Å². The highest BCUT2D eigenvalue weighted by Crippen LogP contribution is 2.30. The van der Waals surface area contributed by atoms with Gasteiger partial charge in [-0.2, -0.15) is 0 Å². The van der Waals surface area contributed by atoms with Crippen LogP contribution in [0.4, 0.5) is 0 Å². The topological polar surface area (TPSA) is 55.4 Å². The monoisotopic (exact) mass is 614 g/mol. The molecule has 0 aliphatic rings. The second-order valence-electron chi connectivity index (χ2n) is 9.72. The molecule has 0 aliphatic carbocycles. The van der Waals surface area contributed by atoms with E-state index in [0.29, 0.717) is 0 Å². The Morgan fingerprint density at radius 3 is 0.763 bits per heavy atom. The van der Waals surface area contributed by atoms with Gasteiger partial charge < -0.3 is 26.6 Å². The van der Waals surface area contributed by atoms with E-state index in [0.717, 1.165) is 140 Å². The Hall–Kier alpha value is 0.894. The maximum atomic E-state index is 6.41. The lowest BCUT2D eigenvalue weighted by Crippen LogP contribution is -2.47. The van der Waals surface area contributed by atoms with Crippen LogP contribution in [0.1, 0.15) is 119 Å². The molecule has 6 nitrogen and oxygen atoms in total. The van der Waals surface area contributed by atoms with Crippen molar-refractivity contribution in [2.45, 2.75) is 131 Å². The summed E-state index contributed by atoms with van der Waals surface area (Å²) in [5.41, 5.74) is 0. The molecule has 0 bridgehead atoms. The standard InChI is InChI=1S/C28H62O6S2Si2/c1-7-13-19-29-37(30-20-14-8-2,31-21-15-9-3)27-25-35-36-26-28-38(32-22-16-10-4,33-23-17-11-5)34-24-18-12-6/h7-28H2,1-6H3. The van der Waals surface area contributed by atoms with Crippen molar-refractivity contribution in [3.8, 4) is 0 Å². The fourth-order valence-electron chi connectivity index (χ4n) is 3.37. The Labute approximate surface area is 246 Å². The molecule has 0 N–H and O–H groups in total. The molecular weight excluding hydrogens is 553 g/mol. The van der Waals surface area contributed by atoms with Gasteiger partial charge in [-0.05, 0) is 38.5 Å². The van der Waals surface area contributed by atoms with E-state index in [4.69, 9.17) is 26.6 Å². The minimum atomic E-state index is -2.67. The van der Waals surface area contributed by atoms with Crippen molar-refractivity contribution >= 4 is 39.2 Å². The SMILES string of the molecule is CCCCO[Si](CCSSCC[Si](OCCCC)(OCCCC)OCCCC)(OCCCC)OCCCC. The zero-order chi connectivity index (χ0) is 28.2. The third-order valence-electron chi connectivity index (χ3n) is 5.99. The quantitative estimate of drug-likeness (QED) is 0.0435. The van der Waals surface area contributed by atoms with Crippen molar-refractivity contribution in [1.82, 2.24) is 0 Å². The minimum Gasteiger partial charge on any atom is -0.373 e. The third kappa shape index (κ3) is 20.7. The van der Waals surface area contributed by atoms with Crippen LogP contribution in [-0.2, 0) is 26.6 Å². The first-order valence-electron chi connectivity index (χ1n) is 15.7. The summed E-state index contributed by atoms with van der Waals surface area (Å²) < 4.78 is 38.4. The smallest absolute Gasteiger partial charge is 0.373 e. The maximum Gasteiger partial charge on any atom is 0.501 e. The predicted octanol–water partition coefficient (Wildman–Crippen LogP) is 9.15. The van der Waals surface area contributed by atoms with Gasteiger partial charge in [0.2, 0.25) is 0 Å². The molecule has 0 heterocycles. The summed E-state index contributed by atoms with van der Waals surface area (Å²) in [4.78, 5) is 0. The fourth-order valence-corrected chi connectivity index (χ4v) is 12.6. The Bertz CT molecular complexity index is 399. The van der Waals surface area contributed by atoms with Gasteiger partial charge in [0.25, 0.3) is 0 Å². The van der Waals surface area contributed by atoms with E-state index in [1.165, 1.54) is 0 Å². The van der Waals surface area contributed by atoms with Gasteiger partial charge in [0, 0.05) is 63.2 Å². The van der Waals surface area contributed by atoms with E-state index in [1.54, 1.807) is 0 Å². The second-order valence-corrected chi connectivity index (χ2v) is 17.9. The highest BCUT2D eigenvalue weighted by molar-refractivity contribution is 8.76. The summed E-state index contributed by atoms with van der Waals surface area (Å²) in [6.45, 7) is 17.6. The summed E-state index contributed by atoms with van der Waals surface area (Å²) in [5, 5.41) is 0. The summed E-state index contributed by atoms with van der Waals surface area (Å²) in [7, 11) is -1.56.